The second-order valence-electron chi connectivity index (χ2n) is 7.53. The number of aromatic amines is 1. The maximum Gasteiger partial charge on any atom is 0.284 e. The van der Waals surface area contributed by atoms with Crippen LogP contribution in [-0.2, 0) is 9.47 Å². The summed E-state index contributed by atoms with van der Waals surface area (Å²) >= 11 is 0. The number of H-pyrrole nitrogens is 1. The fraction of sp³-hybridized carbons (Fsp3) is 0.474. The SMILES string of the molecule is O=C(Nc1c[nH]nc1C(F)F)c1cnn2ccc(N3CCC(OC4COC4)CC3)nc12. The predicted octanol–water partition coefficient (Wildman–Crippen LogP) is 2.03. The molecule has 0 atom stereocenters. The minimum Gasteiger partial charge on any atom is -0.376 e. The Morgan fingerprint density at radius 3 is 2.81 bits per heavy atom. The Morgan fingerprint density at radius 1 is 1.29 bits per heavy atom. The molecule has 5 rings (SSSR count). The predicted molar refractivity (Wildman–Crippen MR) is 105 cm³/mol. The maximum absolute atomic E-state index is 13.0. The number of alkyl halides is 2. The Morgan fingerprint density at radius 2 is 2.10 bits per heavy atom. The Balaban J connectivity index is 1.30. The van der Waals surface area contributed by atoms with Gasteiger partial charge < -0.3 is 19.7 Å². The van der Waals surface area contributed by atoms with E-state index in [-0.39, 0.29) is 23.5 Å². The summed E-state index contributed by atoms with van der Waals surface area (Å²) in [5.74, 6) is 0.141. The van der Waals surface area contributed by atoms with Crippen LogP contribution in [0.5, 0.6) is 0 Å². The van der Waals surface area contributed by atoms with Crippen LogP contribution in [0.3, 0.4) is 0 Å². The zero-order valence-electron chi connectivity index (χ0n) is 16.5. The fourth-order valence-corrected chi connectivity index (χ4v) is 3.74. The van der Waals surface area contributed by atoms with Gasteiger partial charge in [0.1, 0.15) is 17.5 Å². The molecule has 1 amide bonds. The standard InChI is InChI=1S/C19H21F2N7O3/c20-17(21)16-14(8-22-26-16)24-19(29)13-7-23-28-6-3-15(25-18(13)28)27-4-1-11(2-5-27)31-12-9-30-10-12/h3,6-8,11-12,17H,1-2,4-5,9-10H2,(H,22,26)(H,24,29). The highest BCUT2D eigenvalue weighted by Crippen LogP contribution is 2.26. The molecule has 2 saturated heterocycles. The zero-order chi connectivity index (χ0) is 21.4. The van der Waals surface area contributed by atoms with E-state index in [9.17, 15) is 13.6 Å². The summed E-state index contributed by atoms with van der Waals surface area (Å²) in [6, 6.07) is 1.84. The van der Waals surface area contributed by atoms with Crippen LogP contribution in [-0.4, -0.2) is 69.2 Å². The number of aromatic nitrogens is 5. The summed E-state index contributed by atoms with van der Waals surface area (Å²) in [6.07, 6.45) is 3.68. The molecular formula is C19H21F2N7O3. The molecule has 10 nitrogen and oxygen atoms in total. The first-order chi connectivity index (χ1) is 15.1. The van der Waals surface area contributed by atoms with E-state index >= 15 is 0 Å². The summed E-state index contributed by atoms with van der Waals surface area (Å²) in [4.78, 5) is 19.4. The Labute approximate surface area is 175 Å². The van der Waals surface area contributed by atoms with E-state index < -0.39 is 18.0 Å². The number of carbonyl (C=O) groups is 1. The van der Waals surface area contributed by atoms with E-state index in [0.717, 1.165) is 31.7 Å². The molecule has 3 aromatic heterocycles. The highest BCUT2D eigenvalue weighted by molar-refractivity contribution is 6.08. The summed E-state index contributed by atoms with van der Waals surface area (Å²) in [7, 11) is 0. The van der Waals surface area contributed by atoms with Gasteiger partial charge in [0.2, 0.25) is 0 Å². The Hall–Kier alpha value is -3.12. The number of anilines is 2. The third kappa shape index (κ3) is 3.95. The summed E-state index contributed by atoms with van der Waals surface area (Å²) in [5, 5.41) is 12.4. The van der Waals surface area contributed by atoms with Crippen LogP contribution in [0.1, 0.15) is 35.3 Å². The third-order valence-electron chi connectivity index (χ3n) is 5.48. The lowest BCUT2D eigenvalue weighted by molar-refractivity contribution is -0.157. The number of nitrogens with zero attached hydrogens (tertiary/aromatic N) is 5. The van der Waals surface area contributed by atoms with Gasteiger partial charge in [-0.25, -0.2) is 18.3 Å². The van der Waals surface area contributed by atoms with Crippen LogP contribution in [0.15, 0.2) is 24.7 Å². The third-order valence-corrected chi connectivity index (χ3v) is 5.48. The smallest absolute Gasteiger partial charge is 0.284 e. The number of hydrogen-bond acceptors (Lipinski definition) is 7. The van der Waals surface area contributed by atoms with Crippen molar-refractivity contribution in [1.29, 1.82) is 0 Å². The molecule has 164 valence electrons. The lowest BCUT2D eigenvalue weighted by atomic mass is 10.1. The number of carbonyl (C=O) groups excluding carboxylic acids is 1. The van der Waals surface area contributed by atoms with Crippen molar-refractivity contribution in [2.75, 3.05) is 36.5 Å². The van der Waals surface area contributed by atoms with Crippen molar-refractivity contribution in [2.24, 2.45) is 0 Å². The molecule has 0 bridgehead atoms. The second kappa shape index (κ2) is 8.19. The fourth-order valence-electron chi connectivity index (χ4n) is 3.74. The first-order valence-electron chi connectivity index (χ1n) is 10.0. The molecule has 0 spiro atoms. The number of nitrogens with one attached hydrogen (secondary N) is 2. The van der Waals surface area contributed by atoms with Gasteiger partial charge in [0.25, 0.3) is 12.3 Å². The molecule has 0 aliphatic carbocycles. The molecule has 5 heterocycles. The summed E-state index contributed by atoms with van der Waals surface area (Å²) in [5.41, 5.74) is -0.0555. The van der Waals surface area contributed by atoms with Crippen LogP contribution >= 0.6 is 0 Å². The zero-order valence-corrected chi connectivity index (χ0v) is 16.5. The van der Waals surface area contributed by atoms with Gasteiger partial charge >= 0.3 is 0 Å². The molecular weight excluding hydrogens is 412 g/mol. The molecule has 3 aromatic rings. The van der Waals surface area contributed by atoms with Crippen molar-refractivity contribution in [1.82, 2.24) is 24.8 Å². The van der Waals surface area contributed by atoms with E-state index in [0.29, 0.717) is 18.9 Å². The van der Waals surface area contributed by atoms with Crippen molar-refractivity contribution in [3.63, 3.8) is 0 Å². The molecule has 2 fully saturated rings. The van der Waals surface area contributed by atoms with Gasteiger partial charge in [-0.15, -0.1) is 0 Å². The van der Waals surface area contributed by atoms with Crippen LogP contribution in [0.25, 0.3) is 5.65 Å². The highest BCUT2D eigenvalue weighted by atomic mass is 19.3. The van der Waals surface area contributed by atoms with E-state index in [4.69, 9.17) is 9.47 Å². The number of fused-ring (bicyclic) bond motifs is 1. The molecule has 31 heavy (non-hydrogen) atoms. The van der Waals surface area contributed by atoms with E-state index in [1.165, 1.54) is 16.9 Å². The van der Waals surface area contributed by atoms with E-state index in [1.807, 2.05) is 6.07 Å². The number of amides is 1. The molecule has 2 aliphatic rings. The van der Waals surface area contributed by atoms with E-state index in [1.54, 1.807) is 6.20 Å². The van der Waals surface area contributed by atoms with Crippen molar-refractivity contribution >= 4 is 23.1 Å². The molecule has 0 saturated carbocycles. The average Bonchev–Trinajstić information content (AvgIpc) is 3.37. The maximum atomic E-state index is 13.0. The molecule has 2 N–H and O–H groups in total. The van der Waals surface area contributed by atoms with Gasteiger partial charge in [0.05, 0.1) is 31.2 Å². The van der Waals surface area contributed by atoms with Gasteiger partial charge in [-0.2, -0.15) is 10.2 Å². The monoisotopic (exact) mass is 433 g/mol. The minimum atomic E-state index is -2.81. The number of rotatable bonds is 6. The van der Waals surface area contributed by atoms with Crippen molar-refractivity contribution in [3.05, 3.63) is 35.9 Å². The Kier molecular flexibility index (Phi) is 5.24. The van der Waals surface area contributed by atoms with Gasteiger partial charge in [0, 0.05) is 25.5 Å². The molecule has 2 aliphatic heterocycles. The van der Waals surface area contributed by atoms with Gasteiger partial charge in [-0.3, -0.25) is 9.89 Å². The Bertz CT molecular complexity index is 1070. The average molecular weight is 433 g/mol. The molecule has 0 unspecified atom stereocenters. The van der Waals surface area contributed by atoms with Crippen molar-refractivity contribution in [3.8, 4) is 0 Å². The first kappa shape index (κ1) is 19.8. The van der Waals surface area contributed by atoms with Gasteiger partial charge in [-0.1, -0.05) is 0 Å². The quantitative estimate of drug-likeness (QED) is 0.612. The number of piperidine rings is 1. The van der Waals surface area contributed by atoms with Crippen molar-refractivity contribution < 1.29 is 23.0 Å². The largest absolute Gasteiger partial charge is 0.376 e. The van der Waals surface area contributed by atoms with Crippen LogP contribution in [0.2, 0.25) is 0 Å². The number of hydrogen-bond donors (Lipinski definition) is 2. The van der Waals surface area contributed by atoms with E-state index in [2.05, 4.69) is 30.5 Å². The van der Waals surface area contributed by atoms with Gasteiger partial charge in [0.15, 0.2) is 11.3 Å². The van der Waals surface area contributed by atoms with Crippen molar-refractivity contribution in [2.45, 2.75) is 31.5 Å². The lowest BCUT2D eigenvalue weighted by Gasteiger charge is -2.36. The normalized spacial score (nSPS) is 18.0. The first-order valence-corrected chi connectivity index (χ1v) is 10.0. The second-order valence-corrected chi connectivity index (χ2v) is 7.53. The topological polar surface area (TPSA) is 110 Å². The van der Waals surface area contributed by atoms with Crippen LogP contribution in [0.4, 0.5) is 20.3 Å². The number of halogens is 2. The number of ether oxygens (including phenoxy) is 2. The molecule has 0 aromatic carbocycles. The van der Waals surface area contributed by atoms with Crippen LogP contribution in [0, 0.1) is 0 Å². The summed E-state index contributed by atoms with van der Waals surface area (Å²) in [6.45, 7) is 2.90. The molecule has 0 radical (unpaired) electrons. The molecule has 12 heteroatoms. The summed E-state index contributed by atoms with van der Waals surface area (Å²) < 4.78 is 38.6. The lowest BCUT2D eigenvalue weighted by Crippen LogP contribution is -2.44. The van der Waals surface area contributed by atoms with Crippen LogP contribution < -0.4 is 10.2 Å². The van der Waals surface area contributed by atoms with Gasteiger partial charge in [-0.05, 0) is 18.9 Å². The minimum absolute atomic E-state index is 0.0746. The highest BCUT2D eigenvalue weighted by Gasteiger charge is 2.27.